The van der Waals surface area contributed by atoms with Gasteiger partial charge in [0.05, 0.1) is 26.4 Å². The van der Waals surface area contributed by atoms with Gasteiger partial charge in [-0.25, -0.2) is 9.13 Å². The number of aliphatic hydroxyl groups is 1. The zero-order chi connectivity index (χ0) is 69.0. The van der Waals surface area contributed by atoms with Crippen molar-refractivity contribution in [3.8, 4) is 0 Å². The molecule has 5 unspecified atom stereocenters. The second-order valence-corrected chi connectivity index (χ2v) is 27.4. The molecule has 0 heterocycles. The fourth-order valence-corrected chi connectivity index (χ4v) is 11.3. The molecule has 0 saturated carbocycles. The molecule has 0 amide bonds. The number of carbonyl (C=O) groups is 4. The van der Waals surface area contributed by atoms with E-state index in [4.69, 9.17) is 37.0 Å². The van der Waals surface area contributed by atoms with Crippen LogP contribution in [0.25, 0.3) is 0 Å². The van der Waals surface area contributed by atoms with Crippen molar-refractivity contribution in [2.75, 3.05) is 39.6 Å². The van der Waals surface area contributed by atoms with Gasteiger partial charge in [-0.3, -0.25) is 37.3 Å². The average Bonchev–Trinajstić information content (AvgIpc) is 1.35. The Kier molecular flexibility index (Phi) is 65.1. The SMILES string of the molecule is CC/C=C\C/C=C\C/C=C\CCCCCCCC(=O)OCC(COP(=O)(O)OCC(O)COP(=O)(O)OCC(COC(=O)CCCCCCC/C=C\C/C=C\CCCCC)OC(=O)CCCCCCC/C=C\C/C=C\CCC)OC(=O)CCCCCCCCCCCCC. The number of rotatable bonds is 69. The van der Waals surface area contributed by atoms with Crippen LogP contribution in [-0.4, -0.2) is 96.7 Å². The van der Waals surface area contributed by atoms with E-state index in [2.05, 4.69) is 113 Å². The molecule has 0 saturated heterocycles. The van der Waals surface area contributed by atoms with Crippen LogP contribution in [0.15, 0.2) is 85.1 Å². The van der Waals surface area contributed by atoms with Crippen molar-refractivity contribution in [1.29, 1.82) is 0 Å². The Labute approximate surface area is 570 Å². The second kappa shape index (κ2) is 67.8. The molecule has 0 aromatic rings. The third kappa shape index (κ3) is 66.8. The van der Waals surface area contributed by atoms with Crippen LogP contribution in [0.3, 0.4) is 0 Å². The number of phosphoric acid groups is 2. The van der Waals surface area contributed by atoms with Crippen LogP contribution in [0.1, 0.15) is 310 Å². The van der Waals surface area contributed by atoms with Gasteiger partial charge in [0.2, 0.25) is 0 Å². The first-order chi connectivity index (χ1) is 45.7. The maximum atomic E-state index is 13.0. The van der Waals surface area contributed by atoms with E-state index in [1.54, 1.807) is 0 Å². The minimum absolute atomic E-state index is 0.0767. The van der Waals surface area contributed by atoms with Crippen molar-refractivity contribution in [3.05, 3.63) is 85.1 Å². The molecule has 19 heteroatoms. The summed E-state index contributed by atoms with van der Waals surface area (Å²) in [6.45, 7) is 4.62. The summed E-state index contributed by atoms with van der Waals surface area (Å²) >= 11 is 0. The highest BCUT2D eigenvalue weighted by Gasteiger charge is 2.30. The molecule has 0 aliphatic heterocycles. The Morgan fingerprint density at radius 3 is 0.915 bits per heavy atom. The molecule has 0 aliphatic rings. The van der Waals surface area contributed by atoms with E-state index in [0.29, 0.717) is 25.7 Å². The molecule has 0 fully saturated rings. The molecule has 0 aliphatic carbocycles. The molecule has 0 bridgehead atoms. The third-order valence-corrected chi connectivity index (χ3v) is 17.2. The van der Waals surface area contributed by atoms with Gasteiger partial charge in [-0.05, 0) is 116 Å². The first-order valence-corrected chi connectivity index (χ1v) is 39.8. The fourth-order valence-electron chi connectivity index (χ4n) is 9.71. The Morgan fingerprint density at radius 1 is 0.309 bits per heavy atom. The van der Waals surface area contributed by atoms with Crippen molar-refractivity contribution >= 4 is 39.5 Å². The average molecular weight is 1370 g/mol. The molecule has 17 nitrogen and oxygen atoms in total. The number of aliphatic hydroxyl groups excluding tert-OH is 1. The van der Waals surface area contributed by atoms with Gasteiger partial charge >= 0.3 is 39.5 Å². The van der Waals surface area contributed by atoms with Gasteiger partial charge in [-0.15, -0.1) is 0 Å². The molecular formula is C75H132O17P2. The van der Waals surface area contributed by atoms with Crippen molar-refractivity contribution in [1.82, 2.24) is 0 Å². The lowest BCUT2D eigenvalue weighted by Crippen LogP contribution is -2.30. The van der Waals surface area contributed by atoms with Gasteiger partial charge < -0.3 is 33.8 Å². The minimum Gasteiger partial charge on any atom is -0.462 e. The van der Waals surface area contributed by atoms with Crippen LogP contribution in [0.4, 0.5) is 0 Å². The van der Waals surface area contributed by atoms with Gasteiger partial charge in [0.25, 0.3) is 0 Å². The molecular weight excluding hydrogens is 1230 g/mol. The molecule has 0 aromatic carbocycles. The summed E-state index contributed by atoms with van der Waals surface area (Å²) in [5, 5.41) is 10.6. The molecule has 0 rings (SSSR count). The van der Waals surface area contributed by atoms with Gasteiger partial charge in [-0.1, -0.05) is 254 Å². The van der Waals surface area contributed by atoms with Crippen LogP contribution in [0, 0.1) is 0 Å². The fraction of sp³-hybridized carbons (Fsp3) is 0.760. The Bertz CT molecular complexity index is 2120. The lowest BCUT2D eigenvalue weighted by atomic mass is 10.1. The summed E-state index contributed by atoms with van der Waals surface area (Å²) in [6, 6.07) is 0. The van der Waals surface area contributed by atoms with Crippen LogP contribution >= 0.6 is 15.6 Å². The lowest BCUT2D eigenvalue weighted by Gasteiger charge is -2.21. The number of allylic oxidation sites excluding steroid dienone is 14. The number of phosphoric ester groups is 2. The maximum absolute atomic E-state index is 13.0. The zero-order valence-electron chi connectivity index (χ0n) is 59.1. The highest BCUT2D eigenvalue weighted by molar-refractivity contribution is 7.47. The summed E-state index contributed by atoms with van der Waals surface area (Å²) in [4.78, 5) is 72.7. The number of carbonyl (C=O) groups excluding carboxylic acids is 4. The molecule has 5 atom stereocenters. The summed E-state index contributed by atoms with van der Waals surface area (Å²) in [6.07, 6.45) is 67.2. The molecule has 0 aromatic heterocycles. The monoisotopic (exact) mass is 1370 g/mol. The highest BCUT2D eigenvalue weighted by atomic mass is 31.2. The van der Waals surface area contributed by atoms with Crippen LogP contribution in [0.5, 0.6) is 0 Å². The maximum Gasteiger partial charge on any atom is 0.472 e. The molecule has 0 radical (unpaired) electrons. The number of hydrogen-bond donors (Lipinski definition) is 3. The normalized spacial score (nSPS) is 14.5. The third-order valence-electron chi connectivity index (χ3n) is 15.3. The Balaban J connectivity index is 5.33. The zero-order valence-corrected chi connectivity index (χ0v) is 60.9. The van der Waals surface area contributed by atoms with Crippen molar-refractivity contribution in [2.24, 2.45) is 0 Å². The van der Waals surface area contributed by atoms with Gasteiger partial charge in [0.1, 0.15) is 19.3 Å². The quantitative estimate of drug-likeness (QED) is 0.0169. The largest absolute Gasteiger partial charge is 0.472 e. The van der Waals surface area contributed by atoms with E-state index in [0.717, 1.165) is 173 Å². The van der Waals surface area contributed by atoms with Crippen molar-refractivity contribution < 1.29 is 80.2 Å². The van der Waals surface area contributed by atoms with E-state index in [1.807, 2.05) is 0 Å². The number of esters is 4. The van der Waals surface area contributed by atoms with Gasteiger partial charge in [-0.2, -0.15) is 0 Å². The topological polar surface area (TPSA) is 237 Å². The first kappa shape index (κ1) is 90.2. The molecule has 544 valence electrons. The minimum atomic E-state index is -4.97. The van der Waals surface area contributed by atoms with Gasteiger partial charge in [0, 0.05) is 25.7 Å². The number of ether oxygens (including phenoxy) is 4. The van der Waals surface area contributed by atoms with Gasteiger partial charge in [0.15, 0.2) is 12.2 Å². The molecule has 94 heavy (non-hydrogen) atoms. The van der Waals surface area contributed by atoms with Crippen LogP contribution < -0.4 is 0 Å². The number of unbranched alkanes of at least 4 members (excludes halogenated alkanes) is 29. The summed E-state index contributed by atoms with van der Waals surface area (Å²) in [7, 11) is -9.94. The van der Waals surface area contributed by atoms with Crippen molar-refractivity contribution in [3.63, 3.8) is 0 Å². The second-order valence-electron chi connectivity index (χ2n) is 24.5. The summed E-state index contributed by atoms with van der Waals surface area (Å²) in [5.74, 6) is -2.21. The Morgan fingerprint density at radius 2 is 0.574 bits per heavy atom. The predicted octanol–water partition coefficient (Wildman–Crippen LogP) is 20.7. The van der Waals surface area contributed by atoms with E-state index < -0.39 is 97.5 Å². The summed E-state index contributed by atoms with van der Waals surface area (Å²) < 4.78 is 68.3. The standard InChI is InChI=1S/C75H132O17P2/c1-5-9-13-17-21-25-29-32-34-37-40-43-47-51-55-59-72(77)85-65-70(91-74(79)61-57-53-49-45-39-28-24-20-16-12-8-4)67-89-93(81,82)87-63-69(76)64-88-94(83,84)90-68-71(92-75(80)62-58-54-50-46-42-36-31-27-23-19-15-11-7-3)66-86-73(78)60-56-52-48-44-41-38-35-33-30-26-22-18-14-10-6-2/h9,13,15,19,21-22,25-27,31-35,69-71,76H,5-8,10-12,14,16-18,20,23-24,28-30,36-68H2,1-4H3,(H,81,82)(H,83,84)/b13-9-,19-15-,25-21-,26-22-,31-27-,34-32-,35-33-. The smallest absolute Gasteiger partial charge is 0.462 e. The van der Waals surface area contributed by atoms with Crippen molar-refractivity contribution in [2.45, 2.75) is 329 Å². The Hall–Kier alpha value is -3.76. The summed E-state index contributed by atoms with van der Waals surface area (Å²) in [5.41, 5.74) is 0. The first-order valence-electron chi connectivity index (χ1n) is 36.8. The van der Waals surface area contributed by atoms with E-state index in [9.17, 15) is 43.2 Å². The van der Waals surface area contributed by atoms with Crippen LogP contribution in [0.2, 0.25) is 0 Å². The predicted molar refractivity (Wildman–Crippen MR) is 381 cm³/mol. The van der Waals surface area contributed by atoms with Crippen LogP contribution in [-0.2, 0) is 65.4 Å². The highest BCUT2D eigenvalue weighted by Crippen LogP contribution is 2.45. The molecule has 0 spiro atoms. The lowest BCUT2D eigenvalue weighted by molar-refractivity contribution is -0.161. The van der Waals surface area contributed by atoms with E-state index in [-0.39, 0.29) is 25.7 Å². The van der Waals surface area contributed by atoms with E-state index in [1.165, 1.54) is 57.8 Å². The number of hydrogen-bond acceptors (Lipinski definition) is 15. The molecule has 3 N–H and O–H groups in total. The van der Waals surface area contributed by atoms with E-state index >= 15 is 0 Å².